The van der Waals surface area contributed by atoms with Crippen LogP contribution in [0, 0.1) is 0 Å². The van der Waals surface area contributed by atoms with Gasteiger partial charge >= 0.3 is 5.97 Å². The predicted octanol–water partition coefficient (Wildman–Crippen LogP) is 7.16. The number of methoxy groups -OCH3 is 1. The highest BCUT2D eigenvalue weighted by Gasteiger charge is 2.49. The molecule has 0 saturated carbocycles. The van der Waals surface area contributed by atoms with Crippen molar-refractivity contribution in [3.63, 3.8) is 0 Å². The average molecular weight is 557 g/mol. The van der Waals surface area contributed by atoms with Gasteiger partial charge in [0.15, 0.2) is 9.84 Å². The Morgan fingerprint density at radius 3 is 2.14 bits per heavy atom. The molecule has 2 heterocycles. The van der Waals surface area contributed by atoms with E-state index in [-0.39, 0.29) is 12.2 Å². The van der Waals surface area contributed by atoms with E-state index in [9.17, 15) is 13.2 Å². The van der Waals surface area contributed by atoms with Crippen molar-refractivity contribution in [1.82, 2.24) is 0 Å². The highest BCUT2D eigenvalue weighted by molar-refractivity contribution is 7.92. The molecule has 1 saturated heterocycles. The first kappa shape index (κ1) is 27.6. The van der Waals surface area contributed by atoms with Crippen molar-refractivity contribution in [2.75, 3.05) is 19.5 Å². The number of esters is 1. The zero-order valence-corrected chi connectivity index (χ0v) is 24.7. The van der Waals surface area contributed by atoms with E-state index in [0.29, 0.717) is 19.4 Å². The average Bonchev–Trinajstić information content (AvgIpc) is 3.35. The summed E-state index contributed by atoms with van der Waals surface area (Å²) in [6.45, 7) is 7.04. The van der Waals surface area contributed by atoms with Crippen molar-refractivity contribution < 1.29 is 22.7 Å². The second kappa shape index (κ2) is 11.1. The van der Waals surface area contributed by atoms with Gasteiger partial charge in [-0.05, 0) is 59.8 Å². The zero-order valence-electron chi connectivity index (χ0n) is 22.1. The Morgan fingerprint density at radius 2 is 1.54 bits per heavy atom. The molecule has 4 rings (SSSR count). The Hall–Kier alpha value is -2.42. The minimum Gasteiger partial charge on any atom is -0.497 e. The van der Waals surface area contributed by atoms with E-state index in [0.717, 1.165) is 44.7 Å². The smallest absolute Gasteiger partial charge is 0.307 e. The number of rotatable bonds is 9. The molecule has 1 aliphatic rings. The van der Waals surface area contributed by atoms with Crippen LogP contribution >= 0.6 is 11.3 Å². The maximum atomic E-state index is 13.5. The highest BCUT2D eigenvalue weighted by Crippen LogP contribution is 2.47. The maximum Gasteiger partial charge on any atom is 0.307 e. The van der Waals surface area contributed by atoms with E-state index < -0.39 is 28.6 Å². The quantitative estimate of drug-likeness (QED) is 0.207. The van der Waals surface area contributed by atoms with Crippen molar-refractivity contribution in [3.8, 4) is 27.3 Å². The van der Waals surface area contributed by atoms with Gasteiger partial charge < -0.3 is 9.47 Å². The Kier molecular flexibility index (Phi) is 8.31. The lowest BCUT2D eigenvalue weighted by Crippen LogP contribution is -2.42. The molecule has 1 fully saturated rings. The van der Waals surface area contributed by atoms with Crippen molar-refractivity contribution >= 4 is 35.2 Å². The van der Waals surface area contributed by atoms with E-state index in [1.807, 2.05) is 36.4 Å². The number of sulfone groups is 1. The Bertz CT molecular complexity index is 1320. The van der Waals surface area contributed by atoms with Gasteiger partial charge in [-0.3, -0.25) is 4.79 Å². The van der Waals surface area contributed by atoms with Crippen LogP contribution in [0.1, 0.15) is 30.6 Å². The van der Waals surface area contributed by atoms with Crippen LogP contribution in [0.3, 0.4) is 0 Å². The van der Waals surface area contributed by atoms with Gasteiger partial charge in [0, 0.05) is 17.8 Å². The molecule has 1 aromatic heterocycles. The van der Waals surface area contributed by atoms with Gasteiger partial charge in [-0.1, -0.05) is 62.5 Å². The molecule has 0 N–H and O–H groups in total. The molecule has 0 unspecified atom stereocenters. The largest absolute Gasteiger partial charge is 0.497 e. The first-order valence-corrected chi connectivity index (χ1v) is 18.9. The van der Waals surface area contributed by atoms with Gasteiger partial charge in [-0.15, -0.1) is 11.3 Å². The van der Waals surface area contributed by atoms with Gasteiger partial charge in [-0.25, -0.2) is 8.42 Å². The third kappa shape index (κ3) is 6.36. The fraction of sp³-hybridized carbons (Fsp3) is 0.414. The lowest BCUT2D eigenvalue weighted by Gasteiger charge is -2.35. The van der Waals surface area contributed by atoms with Crippen molar-refractivity contribution in [3.05, 3.63) is 65.5 Å². The van der Waals surface area contributed by atoms with Crippen LogP contribution in [0.25, 0.3) is 21.6 Å². The van der Waals surface area contributed by atoms with Gasteiger partial charge in [0.25, 0.3) is 0 Å². The van der Waals surface area contributed by atoms with Gasteiger partial charge in [0.05, 0.1) is 25.9 Å². The van der Waals surface area contributed by atoms with Crippen LogP contribution < -0.4 is 4.74 Å². The lowest BCUT2D eigenvalue weighted by atomic mass is 9.95. The zero-order chi connectivity index (χ0) is 26.7. The van der Waals surface area contributed by atoms with Crippen molar-refractivity contribution in [2.24, 2.45) is 0 Å². The van der Waals surface area contributed by atoms with Gasteiger partial charge in [-0.2, -0.15) is 0 Å². The summed E-state index contributed by atoms with van der Waals surface area (Å²) in [5.74, 6) is 0.513. The normalized spacial score (nSPS) is 19.4. The van der Waals surface area contributed by atoms with Crippen LogP contribution in [-0.4, -0.2) is 41.9 Å². The standard InChI is InChI=1S/C29H36O5S2Si/c1-33-25-13-11-23(12-14-25)22-7-9-24(10-8-22)26-15-16-27(35-26)29(17-5-6-19-36(29,31)32)21-28(30)34-18-20-37(2,3)4/h7-16H,5-6,17-21H2,1-4H3/t29-/m0/s1. The third-order valence-electron chi connectivity index (χ3n) is 7.03. The van der Waals surface area contributed by atoms with E-state index in [1.165, 1.54) is 11.3 Å². The molecule has 0 amide bonds. The molecule has 0 spiro atoms. The Balaban J connectivity index is 1.57. The molecule has 3 aromatic rings. The number of ether oxygens (including phenoxy) is 2. The summed E-state index contributed by atoms with van der Waals surface area (Å²) in [6.07, 6.45) is 1.76. The molecule has 2 aromatic carbocycles. The summed E-state index contributed by atoms with van der Waals surface area (Å²) >= 11 is 1.47. The maximum absolute atomic E-state index is 13.5. The Morgan fingerprint density at radius 1 is 0.919 bits per heavy atom. The molecule has 198 valence electrons. The second-order valence-corrected chi connectivity index (χ2v) is 20.1. The van der Waals surface area contributed by atoms with E-state index in [1.54, 1.807) is 7.11 Å². The second-order valence-electron chi connectivity index (χ2n) is 10.9. The van der Waals surface area contributed by atoms with Crippen LogP contribution in [0.15, 0.2) is 60.7 Å². The number of thiophene rings is 1. The molecular weight excluding hydrogens is 521 g/mol. The highest BCUT2D eigenvalue weighted by atomic mass is 32.2. The van der Waals surface area contributed by atoms with Gasteiger partial charge in [0.1, 0.15) is 10.5 Å². The molecule has 0 bridgehead atoms. The number of carbonyl (C=O) groups excluding carboxylic acids is 1. The fourth-order valence-corrected chi connectivity index (χ4v) is 9.21. The summed E-state index contributed by atoms with van der Waals surface area (Å²) < 4.78 is 36.5. The third-order valence-corrected chi connectivity index (χ3v) is 12.8. The molecule has 37 heavy (non-hydrogen) atoms. The molecular formula is C29H36O5S2Si. The van der Waals surface area contributed by atoms with Crippen molar-refractivity contribution in [1.29, 1.82) is 0 Å². The molecule has 1 aliphatic heterocycles. The minimum atomic E-state index is -3.50. The first-order valence-electron chi connectivity index (χ1n) is 12.8. The van der Waals surface area contributed by atoms with Crippen LogP contribution in [0.5, 0.6) is 5.75 Å². The molecule has 5 nitrogen and oxygen atoms in total. The summed E-state index contributed by atoms with van der Waals surface area (Å²) in [5, 5.41) is 0. The topological polar surface area (TPSA) is 69.7 Å². The number of hydrogen-bond acceptors (Lipinski definition) is 6. The molecule has 0 radical (unpaired) electrons. The fourth-order valence-electron chi connectivity index (χ4n) is 4.72. The molecule has 0 aliphatic carbocycles. The molecule has 1 atom stereocenters. The van der Waals surface area contributed by atoms with Crippen LogP contribution in [0.4, 0.5) is 0 Å². The summed E-state index contributed by atoms with van der Waals surface area (Å²) in [4.78, 5) is 14.6. The first-order chi connectivity index (χ1) is 17.5. The SMILES string of the molecule is COc1ccc(-c2ccc(-c3ccc([C@@]4(CC(=O)OCC[Si](C)(C)C)CCCCS4(=O)=O)s3)cc2)cc1. The summed E-state index contributed by atoms with van der Waals surface area (Å²) in [7, 11) is -3.19. The van der Waals surface area contributed by atoms with Crippen LogP contribution in [-0.2, 0) is 24.1 Å². The van der Waals surface area contributed by atoms with E-state index >= 15 is 0 Å². The van der Waals surface area contributed by atoms with E-state index in [2.05, 4.69) is 43.9 Å². The predicted molar refractivity (Wildman–Crippen MR) is 155 cm³/mol. The Labute approximate surface area is 225 Å². The number of benzene rings is 2. The summed E-state index contributed by atoms with van der Waals surface area (Å²) in [5.41, 5.74) is 3.21. The van der Waals surface area contributed by atoms with E-state index in [4.69, 9.17) is 9.47 Å². The van der Waals surface area contributed by atoms with Gasteiger partial charge in [0.2, 0.25) is 0 Å². The summed E-state index contributed by atoms with van der Waals surface area (Å²) in [6, 6.07) is 20.9. The minimum absolute atomic E-state index is 0.110. The lowest BCUT2D eigenvalue weighted by molar-refractivity contribution is -0.144. The monoisotopic (exact) mass is 556 g/mol. The number of hydrogen-bond donors (Lipinski definition) is 0. The molecule has 8 heteroatoms. The van der Waals surface area contributed by atoms with Crippen LogP contribution in [0.2, 0.25) is 25.7 Å². The number of carbonyl (C=O) groups is 1. The van der Waals surface area contributed by atoms with Crippen molar-refractivity contribution in [2.45, 2.75) is 56.1 Å².